The van der Waals surface area contributed by atoms with Crippen molar-refractivity contribution in [1.82, 2.24) is 9.80 Å². The molecule has 0 aromatic heterocycles. The number of cyclic esters (lactones) is 1. The van der Waals surface area contributed by atoms with Crippen molar-refractivity contribution in [2.75, 3.05) is 25.0 Å². The summed E-state index contributed by atoms with van der Waals surface area (Å²) in [5.74, 6) is -6.47. The van der Waals surface area contributed by atoms with E-state index in [1.165, 1.54) is 0 Å². The van der Waals surface area contributed by atoms with Gasteiger partial charge >= 0.3 is 12.1 Å². The van der Waals surface area contributed by atoms with Gasteiger partial charge in [0.25, 0.3) is 0 Å². The Morgan fingerprint density at radius 3 is 2.22 bits per heavy atom. The summed E-state index contributed by atoms with van der Waals surface area (Å²) < 4.78 is 35.6. The van der Waals surface area contributed by atoms with Gasteiger partial charge in [-0.1, -0.05) is 84.9 Å². The van der Waals surface area contributed by atoms with Crippen molar-refractivity contribution >= 4 is 35.3 Å². The Kier molecular flexibility index (Phi) is 10.9. The number of nitrogens with one attached hydrogen (secondary N) is 1. The number of aliphatic imine (C=N–C) groups is 1. The van der Waals surface area contributed by atoms with E-state index in [-0.39, 0.29) is 24.8 Å². The number of para-hydroxylation sites is 1. The first kappa shape index (κ1) is 35.1. The molecule has 0 aliphatic carbocycles. The first-order valence-corrected chi connectivity index (χ1v) is 16.7. The van der Waals surface area contributed by atoms with Crippen LogP contribution >= 0.6 is 0 Å². The van der Waals surface area contributed by atoms with Crippen molar-refractivity contribution in [1.29, 1.82) is 0 Å². The van der Waals surface area contributed by atoms with E-state index in [4.69, 9.17) is 4.74 Å². The minimum Gasteiger partial charge on any atom is -0.480 e. The molecule has 2 fully saturated rings. The molecule has 4 aromatic carbocycles. The van der Waals surface area contributed by atoms with E-state index in [9.17, 15) is 24.3 Å². The summed E-state index contributed by atoms with van der Waals surface area (Å²) >= 11 is 0. The zero-order chi connectivity index (χ0) is 35.9. The van der Waals surface area contributed by atoms with Crippen LogP contribution in [-0.4, -0.2) is 76.3 Å². The molecular formula is C39H36F2N4O6. The molecule has 262 valence electrons. The van der Waals surface area contributed by atoms with E-state index in [0.717, 1.165) is 41.6 Å². The maximum absolute atomic E-state index is 15.4. The molecule has 0 bridgehead atoms. The van der Waals surface area contributed by atoms with Gasteiger partial charge in [0.05, 0.1) is 24.0 Å². The van der Waals surface area contributed by atoms with Gasteiger partial charge in [-0.2, -0.15) is 0 Å². The average molecular weight is 695 g/mol. The molecule has 2 N–H and O–H groups in total. The van der Waals surface area contributed by atoms with Crippen LogP contribution in [0.3, 0.4) is 0 Å². The third kappa shape index (κ3) is 8.02. The minimum atomic E-state index is -1.91. The number of ether oxygens (including phenoxy) is 1. The third-order valence-corrected chi connectivity index (χ3v) is 9.11. The SMILES string of the molecule is O=C(O)[C@@H](N=C(c1ccccc1)c1ccccc1NC(=O)[C@@H]1CCCN1Cc1ccccc1)[C@H](CC(=O)N1CCOC1=O)c1c(F)cccc1F. The summed E-state index contributed by atoms with van der Waals surface area (Å²) in [7, 11) is 0. The van der Waals surface area contributed by atoms with Gasteiger partial charge in [-0.25, -0.2) is 23.3 Å². The predicted octanol–water partition coefficient (Wildman–Crippen LogP) is 6.01. The minimum absolute atomic E-state index is 0.0602. The van der Waals surface area contributed by atoms with Crippen LogP contribution in [-0.2, 0) is 25.7 Å². The van der Waals surface area contributed by atoms with E-state index in [1.54, 1.807) is 54.6 Å². The van der Waals surface area contributed by atoms with Crippen LogP contribution < -0.4 is 5.32 Å². The molecule has 6 rings (SSSR count). The molecule has 4 aromatic rings. The predicted molar refractivity (Wildman–Crippen MR) is 185 cm³/mol. The van der Waals surface area contributed by atoms with Crippen molar-refractivity contribution in [3.8, 4) is 0 Å². The monoisotopic (exact) mass is 694 g/mol. The van der Waals surface area contributed by atoms with Gasteiger partial charge in [-0.3, -0.25) is 19.5 Å². The number of carboxylic acid groups (broad SMARTS) is 1. The standard InChI is InChI=1S/C39H36F2N4O6/c40-29-16-9-17-30(41)34(29)28(23-33(46)45-21-22-51-39(45)50)36(38(48)49)43-35(26-13-5-2-6-14-26)27-15-7-8-18-31(27)42-37(47)32-19-10-20-44(32)24-25-11-3-1-4-12-25/h1-9,11-18,28,32,36H,10,19-24H2,(H,42,47)(H,48,49)/t28-,32+,36+/m1/s1. The molecule has 51 heavy (non-hydrogen) atoms. The van der Waals surface area contributed by atoms with Crippen molar-refractivity contribution in [2.24, 2.45) is 4.99 Å². The molecule has 0 saturated carbocycles. The van der Waals surface area contributed by atoms with Crippen LogP contribution in [0.4, 0.5) is 19.3 Å². The Bertz CT molecular complexity index is 1920. The number of amides is 3. The van der Waals surface area contributed by atoms with E-state index in [2.05, 4.69) is 15.2 Å². The lowest BCUT2D eigenvalue weighted by Crippen LogP contribution is -2.39. The first-order chi connectivity index (χ1) is 24.7. The van der Waals surface area contributed by atoms with E-state index < -0.39 is 59.6 Å². The fraction of sp³-hybridized carbons (Fsp3) is 0.256. The van der Waals surface area contributed by atoms with Gasteiger partial charge in [-0.15, -0.1) is 0 Å². The Labute approximate surface area is 293 Å². The van der Waals surface area contributed by atoms with Crippen LogP contribution in [0.5, 0.6) is 0 Å². The molecule has 3 amide bonds. The van der Waals surface area contributed by atoms with Gasteiger partial charge in [0.2, 0.25) is 11.8 Å². The summed E-state index contributed by atoms with van der Waals surface area (Å²) in [4.78, 5) is 60.0. The van der Waals surface area contributed by atoms with Crippen molar-refractivity contribution in [3.05, 3.63) is 137 Å². The van der Waals surface area contributed by atoms with E-state index >= 15 is 8.78 Å². The van der Waals surface area contributed by atoms with Gasteiger partial charge < -0.3 is 15.2 Å². The lowest BCUT2D eigenvalue weighted by Gasteiger charge is -2.26. The fourth-order valence-electron chi connectivity index (χ4n) is 6.65. The molecule has 2 aliphatic rings. The number of hydrogen-bond acceptors (Lipinski definition) is 7. The Morgan fingerprint density at radius 1 is 0.882 bits per heavy atom. The number of rotatable bonds is 12. The number of imide groups is 1. The van der Waals surface area contributed by atoms with Crippen molar-refractivity contribution < 1.29 is 37.8 Å². The van der Waals surface area contributed by atoms with Crippen LogP contribution in [0.15, 0.2) is 108 Å². The number of carbonyl (C=O) groups is 4. The van der Waals surface area contributed by atoms with Crippen LogP contribution in [0, 0.1) is 11.6 Å². The number of carboxylic acids is 1. The van der Waals surface area contributed by atoms with Crippen molar-refractivity contribution in [3.63, 3.8) is 0 Å². The van der Waals surface area contributed by atoms with Crippen LogP contribution in [0.25, 0.3) is 0 Å². The molecule has 0 unspecified atom stereocenters. The van der Waals surface area contributed by atoms with Crippen LogP contribution in [0.1, 0.15) is 47.4 Å². The number of anilines is 1. The van der Waals surface area contributed by atoms with E-state index in [1.807, 2.05) is 30.3 Å². The summed E-state index contributed by atoms with van der Waals surface area (Å²) in [6.07, 6.45) is -0.198. The maximum Gasteiger partial charge on any atom is 0.416 e. The molecule has 2 saturated heterocycles. The molecule has 0 radical (unpaired) electrons. The molecular weight excluding hydrogens is 658 g/mol. The topological polar surface area (TPSA) is 129 Å². The van der Waals surface area contributed by atoms with Crippen molar-refractivity contribution in [2.45, 2.75) is 43.8 Å². The first-order valence-electron chi connectivity index (χ1n) is 16.7. The molecule has 2 heterocycles. The third-order valence-electron chi connectivity index (χ3n) is 9.11. The number of benzene rings is 4. The number of carbonyl (C=O) groups excluding carboxylic acids is 3. The second-order valence-electron chi connectivity index (χ2n) is 12.4. The lowest BCUT2D eigenvalue weighted by molar-refractivity contribution is -0.139. The summed E-state index contributed by atoms with van der Waals surface area (Å²) in [5.41, 5.74) is 1.71. The Balaban J connectivity index is 1.40. The Morgan fingerprint density at radius 2 is 1.55 bits per heavy atom. The molecule has 10 nitrogen and oxygen atoms in total. The molecule has 0 spiro atoms. The highest BCUT2D eigenvalue weighted by Gasteiger charge is 2.39. The van der Waals surface area contributed by atoms with Crippen LogP contribution in [0.2, 0.25) is 0 Å². The smallest absolute Gasteiger partial charge is 0.416 e. The maximum atomic E-state index is 15.4. The highest BCUT2D eigenvalue weighted by atomic mass is 19.1. The highest BCUT2D eigenvalue weighted by Crippen LogP contribution is 2.34. The normalized spacial score (nSPS) is 17.5. The zero-order valence-electron chi connectivity index (χ0n) is 27.6. The lowest BCUT2D eigenvalue weighted by atomic mass is 9.86. The number of nitrogens with zero attached hydrogens (tertiary/aromatic N) is 3. The van der Waals surface area contributed by atoms with E-state index in [0.29, 0.717) is 29.8 Å². The number of aliphatic carboxylic acids is 1. The van der Waals surface area contributed by atoms with Gasteiger partial charge in [0.15, 0.2) is 6.04 Å². The summed E-state index contributed by atoms with van der Waals surface area (Å²) in [6, 6.07) is 25.9. The molecule has 2 aliphatic heterocycles. The van der Waals surface area contributed by atoms with Gasteiger partial charge in [-0.05, 0) is 43.1 Å². The number of likely N-dealkylation sites (tertiary alicyclic amines) is 1. The molecule has 3 atom stereocenters. The quantitative estimate of drug-likeness (QED) is 0.174. The highest BCUT2D eigenvalue weighted by molar-refractivity contribution is 6.18. The summed E-state index contributed by atoms with van der Waals surface area (Å²) in [6.45, 7) is 1.19. The Hall–Kier alpha value is -5.75. The van der Waals surface area contributed by atoms with Gasteiger partial charge in [0, 0.05) is 35.6 Å². The average Bonchev–Trinajstić information content (AvgIpc) is 3.78. The second-order valence-corrected chi connectivity index (χ2v) is 12.4. The number of halogens is 2. The molecule has 12 heteroatoms. The fourth-order valence-corrected chi connectivity index (χ4v) is 6.65. The largest absolute Gasteiger partial charge is 0.480 e. The second kappa shape index (κ2) is 15.9. The zero-order valence-corrected chi connectivity index (χ0v) is 27.6. The number of hydrogen-bond donors (Lipinski definition) is 2. The summed E-state index contributed by atoms with van der Waals surface area (Å²) in [5, 5.41) is 13.7. The van der Waals surface area contributed by atoms with Gasteiger partial charge in [0.1, 0.15) is 18.2 Å².